The van der Waals surface area contributed by atoms with Gasteiger partial charge in [0.25, 0.3) is 0 Å². The van der Waals surface area contributed by atoms with Crippen molar-refractivity contribution in [1.29, 1.82) is 0 Å². The molecule has 2 amide bonds. The minimum atomic E-state index is -0.422. The molecule has 1 saturated heterocycles. The zero-order chi connectivity index (χ0) is 16.9. The molecule has 0 spiro atoms. The summed E-state index contributed by atoms with van der Waals surface area (Å²) in [5.74, 6) is -0.422. The highest BCUT2D eigenvalue weighted by Crippen LogP contribution is 2.14. The van der Waals surface area contributed by atoms with Gasteiger partial charge >= 0.3 is 6.03 Å². The first-order chi connectivity index (χ1) is 11.6. The van der Waals surface area contributed by atoms with Crippen molar-refractivity contribution in [2.75, 3.05) is 31.5 Å². The maximum absolute atomic E-state index is 13.6. The Bertz CT molecular complexity index is 717. The van der Waals surface area contributed by atoms with Crippen molar-refractivity contribution in [2.24, 2.45) is 0 Å². The molecule has 2 aromatic rings. The van der Waals surface area contributed by atoms with E-state index in [1.165, 1.54) is 11.0 Å². The molecule has 0 bridgehead atoms. The number of rotatable bonds is 3. The number of piperazine rings is 1. The standard InChI is InChI=1S/C18H19ClFN3O/c19-15-6-2-1-5-14(15)13-22-9-11-23(12-10-22)18(24)21-17-8-4-3-7-16(17)20/h1-8H,9-13H2,(H,21,24)/p+1. The van der Waals surface area contributed by atoms with Gasteiger partial charge in [0.2, 0.25) is 0 Å². The molecule has 2 N–H and O–H groups in total. The lowest BCUT2D eigenvalue weighted by Gasteiger charge is -2.32. The quantitative estimate of drug-likeness (QED) is 0.878. The third kappa shape index (κ3) is 4.04. The van der Waals surface area contributed by atoms with E-state index in [-0.39, 0.29) is 11.7 Å². The highest BCUT2D eigenvalue weighted by molar-refractivity contribution is 6.31. The van der Waals surface area contributed by atoms with Crippen molar-refractivity contribution in [3.8, 4) is 0 Å². The zero-order valence-electron chi connectivity index (χ0n) is 13.3. The van der Waals surface area contributed by atoms with Crippen molar-refractivity contribution < 1.29 is 14.1 Å². The summed E-state index contributed by atoms with van der Waals surface area (Å²) < 4.78 is 13.6. The molecule has 126 valence electrons. The van der Waals surface area contributed by atoms with E-state index in [0.717, 1.165) is 30.2 Å². The van der Waals surface area contributed by atoms with Crippen LogP contribution < -0.4 is 10.2 Å². The lowest BCUT2D eigenvalue weighted by molar-refractivity contribution is -0.917. The van der Waals surface area contributed by atoms with Gasteiger partial charge in [0.15, 0.2) is 0 Å². The molecular weight excluding hydrogens is 329 g/mol. The Morgan fingerprint density at radius 2 is 1.79 bits per heavy atom. The summed E-state index contributed by atoms with van der Waals surface area (Å²) in [5, 5.41) is 3.42. The van der Waals surface area contributed by atoms with Gasteiger partial charge in [0.1, 0.15) is 12.4 Å². The number of para-hydroxylation sites is 1. The zero-order valence-corrected chi connectivity index (χ0v) is 14.0. The highest BCUT2D eigenvalue weighted by atomic mass is 35.5. The van der Waals surface area contributed by atoms with Gasteiger partial charge in [-0.3, -0.25) is 0 Å². The molecule has 0 aliphatic carbocycles. The molecule has 3 rings (SSSR count). The number of nitrogens with zero attached hydrogens (tertiary/aromatic N) is 1. The van der Waals surface area contributed by atoms with E-state index in [1.54, 1.807) is 23.1 Å². The predicted molar refractivity (Wildman–Crippen MR) is 92.8 cm³/mol. The number of hydrogen-bond acceptors (Lipinski definition) is 1. The largest absolute Gasteiger partial charge is 0.328 e. The fraction of sp³-hybridized carbons (Fsp3) is 0.278. The molecule has 24 heavy (non-hydrogen) atoms. The number of anilines is 1. The Morgan fingerprint density at radius 3 is 2.50 bits per heavy atom. The normalized spacial score (nSPS) is 15.3. The Balaban J connectivity index is 1.52. The van der Waals surface area contributed by atoms with E-state index in [9.17, 15) is 9.18 Å². The Labute approximate surface area is 145 Å². The average Bonchev–Trinajstić information content (AvgIpc) is 2.59. The molecular formula is C18H20ClFN3O+. The molecule has 0 aromatic heterocycles. The summed E-state index contributed by atoms with van der Waals surface area (Å²) >= 11 is 6.20. The third-order valence-corrected chi connectivity index (χ3v) is 4.64. The maximum Gasteiger partial charge on any atom is 0.322 e. The molecule has 1 aliphatic rings. The molecule has 0 unspecified atom stereocenters. The van der Waals surface area contributed by atoms with Crippen molar-refractivity contribution in [3.63, 3.8) is 0 Å². The number of urea groups is 1. The van der Waals surface area contributed by atoms with E-state index in [2.05, 4.69) is 5.32 Å². The smallest absolute Gasteiger partial charge is 0.322 e. The molecule has 2 aromatic carbocycles. The monoisotopic (exact) mass is 348 g/mol. The molecule has 0 saturated carbocycles. The van der Waals surface area contributed by atoms with Crippen LogP contribution in [0.2, 0.25) is 5.02 Å². The number of quaternary nitrogens is 1. The van der Waals surface area contributed by atoms with Crippen LogP contribution in [0.3, 0.4) is 0 Å². The summed E-state index contributed by atoms with van der Waals surface area (Å²) in [4.78, 5) is 15.4. The SMILES string of the molecule is O=C(Nc1ccccc1F)N1CC[NH+](Cc2ccccc2Cl)CC1. The molecule has 1 fully saturated rings. The summed E-state index contributed by atoms with van der Waals surface area (Å²) in [6.45, 7) is 3.81. The lowest BCUT2D eigenvalue weighted by atomic mass is 10.2. The number of halogens is 2. The van der Waals surface area contributed by atoms with Gasteiger partial charge in [0, 0.05) is 10.6 Å². The summed E-state index contributed by atoms with van der Waals surface area (Å²) in [7, 11) is 0. The van der Waals surface area contributed by atoms with Crippen LogP contribution in [-0.4, -0.2) is 37.1 Å². The molecule has 0 atom stereocenters. The van der Waals surface area contributed by atoms with E-state index in [1.807, 2.05) is 24.3 Å². The van der Waals surface area contributed by atoms with E-state index in [4.69, 9.17) is 11.6 Å². The van der Waals surface area contributed by atoms with Crippen LogP contribution >= 0.6 is 11.6 Å². The number of amides is 2. The summed E-state index contributed by atoms with van der Waals surface area (Å²) in [5.41, 5.74) is 1.34. The molecule has 1 aliphatic heterocycles. The van der Waals surface area contributed by atoms with Gasteiger partial charge in [-0.25, -0.2) is 9.18 Å². The average molecular weight is 349 g/mol. The van der Waals surface area contributed by atoms with Crippen LogP contribution in [0, 0.1) is 5.82 Å². The van der Waals surface area contributed by atoms with Crippen molar-refractivity contribution >= 4 is 23.3 Å². The summed E-state index contributed by atoms with van der Waals surface area (Å²) in [6.07, 6.45) is 0. The van der Waals surface area contributed by atoms with Gasteiger partial charge in [0.05, 0.1) is 31.9 Å². The summed E-state index contributed by atoms with van der Waals surface area (Å²) in [6, 6.07) is 13.8. The Kier molecular flexibility index (Phi) is 5.33. The number of hydrogen-bond donors (Lipinski definition) is 2. The Morgan fingerprint density at radius 1 is 1.12 bits per heavy atom. The van der Waals surface area contributed by atoms with Gasteiger partial charge in [-0.2, -0.15) is 0 Å². The molecule has 1 heterocycles. The first-order valence-corrected chi connectivity index (χ1v) is 8.39. The second-order valence-corrected chi connectivity index (χ2v) is 6.32. The molecule has 4 nitrogen and oxygen atoms in total. The van der Waals surface area contributed by atoms with Gasteiger partial charge < -0.3 is 15.1 Å². The number of nitrogens with one attached hydrogen (secondary N) is 2. The Hall–Kier alpha value is -2.11. The van der Waals surface area contributed by atoms with Crippen LogP contribution in [0.4, 0.5) is 14.9 Å². The fourth-order valence-corrected chi connectivity index (χ4v) is 3.07. The van der Waals surface area contributed by atoms with Crippen molar-refractivity contribution in [3.05, 3.63) is 64.9 Å². The van der Waals surface area contributed by atoms with E-state index >= 15 is 0 Å². The fourth-order valence-electron chi connectivity index (χ4n) is 2.87. The van der Waals surface area contributed by atoms with Crippen LogP contribution in [0.1, 0.15) is 5.56 Å². The van der Waals surface area contributed by atoms with Gasteiger partial charge in [-0.05, 0) is 18.2 Å². The number of carbonyl (C=O) groups is 1. The first kappa shape index (κ1) is 16.7. The third-order valence-electron chi connectivity index (χ3n) is 4.27. The number of benzene rings is 2. The maximum atomic E-state index is 13.6. The van der Waals surface area contributed by atoms with Gasteiger partial charge in [-0.15, -0.1) is 0 Å². The van der Waals surface area contributed by atoms with E-state index < -0.39 is 5.82 Å². The van der Waals surface area contributed by atoms with Crippen molar-refractivity contribution in [2.45, 2.75) is 6.54 Å². The van der Waals surface area contributed by atoms with Crippen LogP contribution in [0.5, 0.6) is 0 Å². The topological polar surface area (TPSA) is 36.8 Å². The second kappa shape index (κ2) is 7.64. The van der Waals surface area contributed by atoms with Crippen LogP contribution in [0.25, 0.3) is 0 Å². The molecule has 6 heteroatoms. The number of carbonyl (C=O) groups excluding carboxylic acids is 1. The van der Waals surface area contributed by atoms with Gasteiger partial charge in [-0.1, -0.05) is 41.9 Å². The lowest BCUT2D eigenvalue weighted by Crippen LogP contribution is -3.13. The minimum absolute atomic E-state index is 0.216. The van der Waals surface area contributed by atoms with Crippen molar-refractivity contribution in [1.82, 2.24) is 4.90 Å². The first-order valence-electron chi connectivity index (χ1n) is 8.01. The minimum Gasteiger partial charge on any atom is -0.328 e. The van der Waals surface area contributed by atoms with E-state index in [0.29, 0.717) is 13.1 Å². The van der Waals surface area contributed by atoms with Crippen LogP contribution in [-0.2, 0) is 6.54 Å². The second-order valence-electron chi connectivity index (χ2n) is 5.92. The predicted octanol–water partition coefficient (Wildman–Crippen LogP) is 2.41. The highest BCUT2D eigenvalue weighted by Gasteiger charge is 2.24. The molecule has 0 radical (unpaired) electrons. The van der Waals surface area contributed by atoms with Crippen LogP contribution in [0.15, 0.2) is 48.5 Å².